The first-order chi connectivity index (χ1) is 12.6. The SMILES string of the molecule is O=C(CC1CCCC1)NC(=S)Nc1cccc(C(=O)N2CCCCC2)c1. The van der Waals surface area contributed by atoms with E-state index in [0.29, 0.717) is 17.9 Å². The Labute approximate surface area is 160 Å². The summed E-state index contributed by atoms with van der Waals surface area (Å²) in [5.74, 6) is 0.516. The molecule has 0 unspecified atom stereocenters. The van der Waals surface area contributed by atoms with Crippen LogP contribution in [0.2, 0.25) is 0 Å². The Morgan fingerprint density at radius 3 is 2.54 bits per heavy atom. The van der Waals surface area contributed by atoms with Gasteiger partial charge >= 0.3 is 0 Å². The van der Waals surface area contributed by atoms with Crippen LogP contribution in [-0.4, -0.2) is 34.9 Å². The van der Waals surface area contributed by atoms with Crippen LogP contribution < -0.4 is 10.6 Å². The lowest BCUT2D eigenvalue weighted by Crippen LogP contribution is -2.36. The Morgan fingerprint density at radius 1 is 1.08 bits per heavy atom. The van der Waals surface area contributed by atoms with Crippen molar-refractivity contribution < 1.29 is 9.59 Å². The molecule has 1 aliphatic heterocycles. The van der Waals surface area contributed by atoms with E-state index in [2.05, 4.69) is 10.6 Å². The Kier molecular flexibility index (Phi) is 6.61. The zero-order valence-corrected chi connectivity index (χ0v) is 15.9. The van der Waals surface area contributed by atoms with Crippen LogP contribution in [0, 0.1) is 5.92 Å². The summed E-state index contributed by atoms with van der Waals surface area (Å²) >= 11 is 5.25. The molecule has 3 rings (SSSR count). The van der Waals surface area contributed by atoms with E-state index in [4.69, 9.17) is 12.2 Å². The first-order valence-corrected chi connectivity index (χ1v) is 10.0. The number of nitrogens with zero attached hydrogens (tertiary/aromatic N) is 1. The third kappa shape index (κ3) is 5.27. The lowest BCUT2D eigenvalue weighted by molar-refractivity contribution is -0.120. The monoisotopic (exact) mass is 373 g/mol. The minimum Gasteiger partial charge on any atom is -0.339 e. The molecule has 0 spiro atoms. The summed E-state index contributed by atoms with van der Waals surface area (Å²) < 4.78 is 0. The molecule has 0 aromatic heterocycles. The van der Waals surface area contributed by atoms with Gasteiger partial charge in [-0.05, 0) is 68.4 Å². The fourth-order valence-electron chi connectivity index (χ4n) is 3.83. The molecule has 2 N–H and O–H groups in total. The van der Waals surface area contributed by atoms with Crippen molar-refractivity contribution in [3.05, 3.63) is 29.8 Å². The summed E-state index contributed by atoms with van der Waals surface area (Å²) in [5, 5.41) is 6.07. The van der Waals surface area contributed by atoms with Gasteiger partial charge in [-0.15, -0.1) is 0 Å². The third-order valence-corrected chi connectivity index (χ3v) is 5.42. The highest BCUT2D eigenvalue weighted by atomic mass is 32.1. The van der Waals surface area contributed by atoms with E-state index in [1.54, 1.807) is 6.07 Å². The standard InChI is InChI=1S/C20H27N3O2S/c24-18(13-15-7-2-3-8-15)22-20(26)21-17-10-6-9-16(14-17)19(25)23-11-4-1-5-12-23/h6,9-10,14-15H,1-5,7-8,11-13H2,(H2,21,22,24,26). The van der Waals surface area contributed by atoms with Crippen molar-refractivity contribution >= 4 is 34.8 Å². The molecule has 2 fully saturated rings. The quantitative estimate of drug-likeness (QED) is 0.790. The van der Waals surface area contributed by atoms with Gasteiger partial charge in [-0.3, -0.25) is 9.59 Å². The number of amides is 2. The molecular weight excluding hydrogens is 346 g/mol. The van der Waals surface area contributed by atoms with Gasteiger partial charge in [-0.2, -0.15) is 0 Å². The number of hydrogen-bond donors (Lipinski definition) is 2. The van der Waals surface area contributed by atoms with Crippen LogP contribution in [0.1, 0.15) is 61.7 Å². The second-order valence-corrected chi connectivity index (χ2v) is 7.70. The first kappa shape index (κ1) is 18.8. The van der Waals surface area contributed by atoms with Gasteiger partial charge in [0.15, 0.2) is 5.11 Å². The number of piperidine rings is 1. The van der Waals surface area contributed by atoms with Gasteiger partial charge in [0.2, 0.25) is 5.91 Å². The highest BCUT2D eigenvalue weighted by Crippen LogP contribution is 2.27. The van der Waals surface area contributed by atoms with Crippen LogP contribution in [0.3, 0.4) is 0 Å². The molecule has 6 heteroatoms. The maximum atomic E-state index is 12.6. The van der Waals surface area contributed by atoms with Crippen LogP contribution in [0.4, 0.5) is 5.69 Å². The van der Waals surface area contributed by atoms with Crippen LogP contribution in [0.25, 0.3) is 0 Å². The predicted octanol–water partition coefficient (Wildman–Crippen LogP) is 3.71. The maximum absolute atomic E-state index is 12.6. The molecule has 2 aliphatic rings. The molecule has 140 valence electrons. The largest absolute Gasteiger partial charge is 0.339 e. The Hall–Kier alpha value is -1.95. The van der Waals surface area contributed by atoms with Gasteiger partial charge in [-0.25, -0.2) is 0 Å². The van der Waals surface area contributed by atoms with Crippen molar-refractivity contribution in [3.63, 3.8) is 0 Å². The van der Waals surface area contributed by atoms with Crippen LogP contribution >= 0.6 is 12.2 Å². The summed E-state index contributed by atoms with van der Waals surface area (Å²) in [4.78, 5) is 26.6. The third-order valence-electron chi connectivity index (χ3n) is 5.21. The zero-order chi connectivity index (χ0) is 18.4. The summed E-state index contributed by atoms with van der Waals surface area (Å²) in [6.07, 6.45) is 8.58. The first-order valence-electron chi connectivity index (χ1n) is 9.62. The van der Waals surface area contributed by atoms with Crippen molar-refractivity contribution in [1.29, 1.82) is 0 Å². The highest BCUT2D eigenvalue weighted by molar-refractivity contribution is 7.80. The molecule has 26 heavy (non-hydrogen) atoms. The number of carbonyl (C=O) groups excluding carboxylic acids is 2. The Bertz CT molecular complexity index is 665. The van der Waals surface area contributed by atoms with E-state index >= 15 is 0 Å². The second kappa shape index (κ2) is 9.12. The van der Waals surface area contributed by atoms with Gasteiger partial charge in [0, 0.05) is 30.8 Å². The molecule has 5 nitrogen and oxygen atoms in total. The highest BCUT2D eigenvalue weighted by Gasteiger charge is 2.20. The lowest BCUT2D eigenvalue weighted by atomic mass is 10.0. The van der Waals surface area contributed by atoms with E-state index in [-0.39, 0.29) is 16.9 Å². The van der Waals surface area contributed by atoms with Crippen molar-refractivity contribution in [2.45, 2.75) is 51.4 Å². The molecule has 1 saturated heterocycles. The van der Waals surface area contributed by atoms with E-state index in [0.717, 1.165) is 44.5 Å². The average molecular weight is 374 g/mol. The maximum Gasteiger partial charge on any atom is 0.253 e. The summed E-state index contributed by atoms with van der Waals surface area (Å²) in [5.41, 5.74) is 1.37. The van der Waals surface area contributed by atoms with Crippen LogP contribution in [0.15, 0.2) is 24.3 Å². The molecule has 1 aromatic carbocycles. The number of likely N-dealkylation sites (tertiary alicyclic amines) is 1. The van der Waals surface area contributed by atoms with Crippen LogP contribution in [0.5, 0.6) is 0 Å². The minimum absolute atomic E-state index is 0.0325. The fraction of sp³-hybridized carbons (Fsp3) is 0.550. The molecule has 2 amide bonds. The zero-order valence-electron chi connectivity index (χ0n) is 15.1. The van der Waals surface area contributed by atoms with E-state index in [9.17, 15) is 9.59 Å². The number of benzene rings is 1. The average Bonchev–Trinajstić information content (AvgIpc) is 3.14. The summed E-state index contributed by atoms with van der Waals surface area (Å²) in [6, 6.07) is 7.31. The van der Waals surface area contributed by atoms with Crippen LogP contribution in [-0.2, 0) is 4.79 Å². The molecule has 1 aliphatic carbocycles. The number of rotatable bonds is 4. The van der Waals surface area contributed by atoms with Gasteiger partial charge in [-0.1, -0.05) is 18.9 Å². The number of thiocarbonyl (C=S) groups is 1. The molecule has 0 bridgehead atoms. The predicted molar refractivity (Wildman–Crippen MR) is 107 cm³/mol. The van der Waals surface area contributed by atoms with Crippen molar-refractivity contribution in [3.8, 4) is 0 Å². The molecule has 0 radical (unpaired) electrons. The fourth-order valence-corrected chi connectivity index (χ4v) is 4.06. The molecule has 1 heterocycles. The summed E-state index contributed by atoms with van der Waals surface area (Å²) in [7, 11) is 0. The van der Waals surface area contributed by atoms with Gasteiger partial charge < -0.3 is 15.5 Å². The Morgan fingerprint density at radius 2 is 1.81 bits per heavy atom. The normalized spacial score (nSPS) is 17.8. The van der Waals surface area contributed by atoms with Gasteiger partial charge in [0.25, 0.3) is 5.91 Å². The number of nitrogens with one attached hydrogen (secondary N) is 2. The Balaban J connectivity index is 1.53. The molecular formula is C20H27N3O2S. The molecule has 0 atom stereocenters. The van der Waals surface area contributed by atoms with E-state index < -0.39 is 0 Å². The number of hydrogen-bond acceptors (Lipinski definition) is 3. The number of carbonyl (C=O) groups is 2. The van der Waals surface area contributed by atoms with E-state index in [1.807, 2.05) is 23.1 Å². The molecule has 1 saturated carbocycles. The van der Waals surface area contributed by atoms with Gasteiger partial charge in [0.05, 0.1) is 0 Å². The van der Waals surface area contributed by atoms with Gasteiger partial charge in [0.1, 0.15) is 0 Å². The number of anilines is 1. The van der Waals surface area contributed by atoms with Crippen molar-refractivity contribution in [2.75, 3.05) is 18.4 Å². The summed E-state index contributed by atoms with van der Waals surface area (Å²) in [6.45, 7) is 1.65. The second-order valence-electron chi connectivity index (χ2n) is 7.29. The lowest BCUT2D eigenvalue weighted by Gasteiger charge is -2.26. The van der Waals surface area contributed by atoms with Crippen molar-refractivity contribution in [2.24, 2.45) is 5.92 Å². The smallest absolute Gasteiger partial charge is 0.253 e. The minimum atomic E-state index is -0.0325. The topological polar surface area (TPSA) is 61.4 Å². The van der Waals surface area contributed by atoms with E-state index in [1.165, 1.54) is 19.3 Å². The van der Waals surface area contributed by atoms with Crippen molar-refractivity contribution in [1.82, 2.24) is 10.2 Å². The molecule has 1 aromatic rings.